The normalized spacial score (nSPS) is 24.7. The Kier molecular flexibility index (Phi) is 5.91. The molecule has 0 spiro atoms. The third-order valence-corrected chi connectivity index (χ3v) is 6.30. The number of primary amides is 1. The van der Waals surface area contributed by atoms with E-state index in [-0.39, 0.29) is 18.4 Å². The summed E-state index contributed by atoms with van der Waals surface area (Å²) in [6.07, 6.45) is -0.650. The third-order valence-electron chi connectivity index (χ3n) is 6.30. The lowest BCUT2D eigenvalue weighted by Crippen LogP contribution is -2.66. The highest BCUT2D eigenvalue weighted by Gasteiger charge is 2.48. The maximum Gasteiger partial charge on any atom is 0.509 e. The van der Waals surface area contributed by atoms with Gasteiger partial charge < -0.3 is 19.7 Å². The average Bonchev–Trinajstić information content (AvgIpc) is 2.72. The number of carbonyl (C=O) groups is 2. The van der Waals surface area contributed by atoms with Crippen molar-refractivity contribution in [3.05, 3.63) is 71.3 Å². The standard InChI is InChI=1S/C23H24F2N2O4/c24-18-5-1-3-16(11-18)22(17-4-2-6-19(25)12-17)31-23(29)30-20-13-27(14-21(26)28)9-7-15(20)8-10-27/h1-6,11-12,15,20,22H,7-10,13-14H2,(H-,26,28)/p+1/t15?,20-,27?/m0/s1. The second kappa shape index (κ2) is 8.63. The molecule has 2 aromatic carbocycles. The van der Waals surface area contributed by atoms with Crippen LogP contribution in [0.3, 0.4) is 0 Å². The predicted octanol–water partition coefficient (Wildman–Crippen LogP) is 3.30. The molecule has 164 valence electrons. The first-order chi connectivity index (χ1) is 14.8. The minimum Gasteiger partial charge on any atom is -0.425 e. The van der Waals surface area contributed by atoms with Crippen molar-refractivity contribution in [1.29, 1.82) is 0 Å². The molecule has 0 saturated carbocycles. The van der Waals surface area contributed by atoms with Gasteiger partial charge in [0, 0.05) is 29.9 Å². The van der Waals surface area contributed by atoms with E-state index in [2.05, 4.69) is 0 Å². The number of ether oxygens (including phenoxy) is 2. The molecule has 5 rings (SSSR count). The molecule has 3 aliphatic rings. The zero-order chi connectivity index (χ0) is 22.0. The van der Waals surface area contributed by atoms with Crippen molar-refractivity contribution < 1.29 is 32.3 Å². The second-order valence-electron chi connectivity index (χ2n) is 8.45. The fraction of sp³-hybridized carbons (Fsp3) is 0.391. The maximum absolute atomic E-state index is 13.8. The van der Waals surface area contributed by atoms with E-state index < -0.39 is 30.0 Å². The number of piperidine rings is 3. The SMILES string of the molecule is NC(=O)C[N+]12CCC(CC1)[C@@H](OC(=O)OC(c1cccc(F)c1)c1cccc(F)c1)C2. The molecule has 0 aliphatic carbocycles. The molecule has 31 heavy (non-hydrogen) atoms. The average molecular weight is 431 g/mol. The van der Waals surface area contributed by atoms with Gasteiger partial charge in [-0.1, -0.05) is 24.3 Å². The summed E-state index contributed by atoms with van der Waals surface area (Å²) in [7, 11) is 0. The Hall–Kier alpha value is -3.00. The number of nitrogens with two attached hydrogens (primary N) is 1. The number of quaternary nitrogens is 1. The molecule has 1 amide bonds. The number of halogens is 2. The zero-order valence-electron chi connectivity index (χ0n) is 17.0. The molecular weight excluding hydrogens is 406 g/mol. The predicted molar refractivity (Wildman–Crippen MR) is 108 cm³/mol. The minimum atomic E-state index is -1.02. The molecule has 3 fully saturated rings. The minimum absolute atomic E-state index is 0.196. The number of benzene rings is 2. The van der Waals surface area contributed by atoms with Crippen molar-refractivity contribution in [2.24, 2.45) is 11.7 Å². The van der Waals surface area contributed by atoms with Gasteiger partial charge in [-0.15, -0.1) is 0 Å². The largest absolute Gasteiger partial charge is 0.509 e. The number of nitrogens with zero attached hydrogens (tertiary/aromatic N) is 1. The smallest absolute Gasteiger partial charge is 0.425 e. The van der Waals surface area contributed by atoms with E-state index in [1.54, 1.807) is 12.1 Å². The number of rotatable bonds is 6. The first kappa shape index (κ1) is 21.2. The van der Waals surface area contributed by atoms with Crippen molar-refractivity contribution in [3.8, 4) is 0 Å². The van der Waals surface area contributed by atoms with Crippen LogP contribution in [0.4, 0.5) is 13.6 Å². The second-order valence-corrected chi connectivity index (χ2v) is 8.45. The first-order valence-electron chi connectivity index (χ1n) is 10.4. The van der Waals surface area contributed by atoms with E-state index in [4.69, 9.17) is 15.2 Å². The van der Waals surface area contributed by atoms with E-state index in [1.807, 2.05) is 0 Å². The lowest BCUT2D eigenvalue weighted by Gasteiger charge is -2.51. The Morgan fingerprint density at radius 2 is 1.61 bits per heavy atom. The fourth-order valence-electron chi connectivity index (χ4n) is 4.82. The highest BCUT2D eigenvalue weighted by Crippen LogP contribution is 2.36. The van der Waals surface area contributed by atoms with Crippen LogP contribution in [0.1, 0.15) is 30.1 Å². The number of hydrogen-bond donors (Lipinski definition) is 1. The van der Waals surface area contributed by atoms with Crippen LogP contribution >= 0.6 is 0 Å². The van der Waals surface area contributed by atoms with Crippen molar-refractivity contribution in [3.63, 3.8) is 0 Å². The Balaban J connectivity index is 1.51. The van der Waals surface area contributed by atoms with Gasteiger partial charge in [-0.25, -0.2) is 13.6 Å². The lowest BCUT2D eigenvalue weighted by molar-refractivity contribution is -0.939. The van der Waals surface area contributed by atoms with E-state index in [1.165, 1.54) is 36.4 Å². The van der Waals surface area contributed by atoms with Gasteiger partial charge in [0.25, 0.3) is 5.91 Å². The topological polar surface area (TPSA) is 78.6 Å². The highest BCUT2D eigenvalue weighted by atomic mass is 19.1. The Labute approximate surface area is 179 Å². The molecule has 0 aromatic heterocycles. The molecule has 8 heteroatoms. The van der Waals surface area contributed by atoms with Gasteiger partial charge >= 0.3 is 6.16 Å². The van der Waals surface area contributed by atoms with Crippen LogP contribution in [0, 0.1) is 17.6 Å². The van der Waals surface area contributed by atoms with Crippen molar-refractivity contribution in [2.45, 2.75) is 25.0 Å². The lowest BCUT2D eigenvalue weighted by atomic mass is 9.83. The summed E-state index contributed by atoms with van der Waals surface area (Å²) in [5, 5.41) is 0. The summed E-state index contributed by atoms with van der Waals surface area (Å²) in [6, 6.07) is 11.2. The molecule has 2 N–H and O–H groups in total. The summed E-state index contributed by atoms with van der Waals surface area (Å²) in [6.45, 7) is 2.39. The Bertz CT molecular complexity index is 930. The summed E-state index contributed by atoms with van der Waals surface area (Å²) in [5.74, 6) is -1.17. The highest BCUT2D eigenvalue weighted by molar-refractivity contribution is 5.75. The van der Waals surface area contributed by atoms with E-state index in [0.717, 1.165) is 25.9 Å². The summed E-state index contributed by atoms with van der Waals surface area (Å²) < 4.78 is 39.3. The fourth-order valence-corrected chi connectivity index (χ4v) is 4.82. The van der Waals surface area contributed by atoms with E-state index in [0.29, 0.717) is 22.2 Å². The first-order valence-corrected chi connectivity index (χ1v) is 10.4. The van der Waals surface area contributed by atoms with E-state index in [9.17, 15) is 18.4 Å². The van der Waals surface area contributed by atoms with Crippen molar-refractivity contribution >= 4 is 12.1 Å². The van der Waals surface area contributed by atoms with Gasteiger partial charge in [-0.05, 0) is 24.3 Å². The van der Waals surface area contributed by atoms with Crippen LogP contribution in [0.15, 0.2) is 48.5 Å². The number of amides is 1. The molecular formula is C23H25F2N2O4+. The van der Waals surface area contributed by atoms with Crippen molar-refractivity contribution in [1.82, 2.24) is 0 Å². The summed E-state index contributed by atoms with van der Waals surface area (Å²) in [5.41, 5.74) is 6.16. The van der Waals surface area contributed by atoms with Gasteiger partial charge in [0.15, 0.2) is 18.8 Å². The molecule has 0 radical (unpaired) electrons. The van der Waals surface area contributed by atoms with Crippen LogP contribution in [0.5, 0.6) is 0 Å². The molecule has 2 aromatic rings. The Morgan fingerprint density at radius 3 is 2.13 bits per heavy atom. The van der Waals surface area contributed by atoms with Gasteiger partial charge in [0.1, 0.15) is 18.2 Å². The molecule has 2 bridgehead atoms. The maximum atomic E-state index is 13.8. The van der Waals surface area contributed by atoms with Crippen LogP contribution in [0.2, 0.25) is 0 Å². The molecule has 3 saturated heterocycles. The van der Waals surface area contributed by atoms with Gasteiger partial charge in [-0.2, -0.15) is 0 Å². The van der Waals surface area contributed by atoms with Crippen LogP contribution < -0.4 is 5.73 Å². The Morgan fingerprint density at radius 1 is 1.03 bits per heavy atom. The number of carbonyl (C=O) groups excluding carboxylic acids is 2. The molecule has 6 nitrogen and oxygen atoms in total. The quantitative estimate of drug-likeness (QED) is 0.562. The number of hydrogen-bond acceptors (Lipinski definition) is 4. The molecule has 3 aliphatic heterocycles. The molecule has 3 heterocycles. The number of fused-ring (bicyclic) bond motifs is 3. The summed E-state index contributed by atoms with van der Waals surface area (Å²) in [4.78, 5) is 24.2. The van der Waals surface area contributed by atoms with Crippen LogP contribution in [-0.4, -0.2) is 48.8 Å². The van der Waals surface area contributed by atoms with Gasteiger partial charge in [0.2, 0.25) is 0 Å². The summed E-state index contributed by atoms with van der Waals surface area (Å²) >= 11 is 0. The van der Waals surface area contributed by atoms with Crippen LogP contribution in [0.25, 0.3) is 0 Å². The van der Waals surface area contributed by atoms with Gasteiger partial charge in [0.05, 0.1) is 13.1 Å². The van der Waals surface area contributed by atoms with Gasteiger partial charge in [-0.3, -0.25) is 4.79 Å². The molecule has 1 atom stereocenters. The zero-order valence-corrected chi connectivity index (χ0v) is 17.0. The third kappa shape index (κ3) is 4.85. The monoisotopic (exact) mass is 431 g/mol. The van der Waals surface area contributed by atoms with Crippen molar-refractivity contribution in [2.75, 3.05) is 26.2 Å². The molecule has 0 unspecified atom stereocenters. The van der Waals surface area contributed by atoms with E-state index >= 15 is 0 Å². The van der Waals surface area contributed by atoms with Crippen LogP contribution in [-0.2, 0) is 14.3 Å².